The molecule has 2 N–H and O–H groups in total. The molecule has 0 spiro atoms. The highest BCUT2D eigenvalue weighted by atomic mass is 32.1. The second-order valence-electron chi connectivity index (χ2n) is 5.43. The summed E-state index contributed by atoms with van der Waals surface area (Å²) < 4.78 is 3.14. The fourth-order valence-corrected chi connectivity index (χ4v) is 2.99. The van der Waals surface area contributed by atoms with Crippen LogP contribution in [-0.4, -0.2) is 41.5 Å². The van der Waals surface area contributed by atoms with E-state index in [-0.39, 0.29) is 18.9 Å². The molecule has 0 fully saturated rings. The number of carbonyl (C=O) groups is 2. The lowest BCUT2D eigenvalue weighted by molar-refractivity contribution is -0.137. The van der Waals surface area contributed by atoms with E-state index >= 15 is 0 Å². The molecule has 3 heterocycles. The highest BCUT2D eigenvalue weighted by molar-refractivity contribution is 7.14. The molecule has 0 aromatic carbocycles. The first kappa shape index (κ1) is 16.8. The van der Waals surface area contributed by atoms with Gasteiger partial charge in [0.1, 0.15) is 0 Å². The number of carbonyl (C=O) groups excluding carboxylic acids is 1. The van der Waals surface area contributed by atoms with E-state index in [1.807, 2.05) is 25.5 Å². The van der Waals surface area contributed by atoms with E-state index < -0.39 is 5.97 Å². The molecule has 3 aromatic rings. The van der Waals surface area contributed by atoms with Gasteiger partial charge in [-0.25, -0.2) is 4.98 Å². The minimum Gasteiger partial charge on any atom is -0.481 e. The van der Waals surface area contributed by atoms with Crippen LogP contribution in [0.15, 0.2) is 24.0 Å². The second kappa shape index (κ2) is 6.85. The molecule has 25 heavy (non-hydrogen) atoms. The molecule has 130 valence electrons. The maximum Gasteiger partial charge on any atom is 0.305 e. The first-order chi connectivity index (χ1) is 11.9. The van der Waals surface area contributed by atoms with Crippen LogP contribution in [0.25, 0.3) is 11.3 Å². The van der Waals surface area contributed by atoms with Crippen LogP contribution in [0.4, 0.5) is 5.13 Å². The fourth-order valence-electron chi connectivity index (χ4n) is 2.29. The summed E-state index contributed by atoms with van der Waals surface area (Å²) in [5.41, 5.74) is 2.88. The summed E-state index contributed by atoms with van der Waals surface area (Å²) in [6, 6.07) is 0. The summed E-state index contributed by atoms with van der Waals surface area (Å²) in [5.74, 6) is -1.26. The summed E-state index contributed by atoms with van der Waals surface area (Å²) in [6.45, 7) is 2.11. The zero-order valence-corrected chi connectivity index (χ0v) is 14.4. The van der Waals surface area contributed by atoms with Gasteiger partial charge in [0.15, 0.2) is 5.13 Å². The Morgan fingerprint density at radius 2 is 2.16 bits per heavy atom. The van der Waals surface area contributed by atoms with Crippen molar-refractivity contribution in [3.8, 4) is 11.3 Å². The van der Waals surface area contributed by atoms with Crippen LogP contribution in [0.2, 0.25) is 0 Å². The highest BCUT2D eigenvalue weighted by Crippen LogP contribution is 2.27. The van der Waals surface area contributed by atoms with Gasteiger partial charge in [0.25, 0.3) is 5.91 Å². The van der Waals surface area contributed by atoms with E-state index in [1.54, 1.807) is 4.68 Å². The van der Waals surface area contributed by atoms with Crippen LogP contribution < -0.4 is 5.32 Å². The van der Waals surface area contributed by atoms with Gasteiger partial charge in [0.2, 0.25) is 0 Å². The monoisotopic (exact) mass is 360 g/mol. The normalized spacial score (nSPS) is 10.8. The molecule has 0 aliphatic rings. The number of thiazole rings is 1. The Hall–Kier alpha value is -3.01. The Morgan fingerprint density at radius 1 is 1.36 bits per heavy atom. The molecule has 0 aliphatic carbocycles. The molecule has 0 atom stereocenters. The third-order valence-electron chi connectivity index (χ3n) is 3.46. The molecule has 3 rings (SSSR count). The van der Waals surface area contributed by atoms with Crippen molar-refractivity contribution in [2.75, 3.05) is 5.32 Å². The molecule has 0 bridgehead atoms. The summed E-state index contributed by atoms with van der Waals surface area (Å²) in [5, 5.41) is 22.0. The maximum atomic E-state index is 12.3. The molecular formula is C15H16N6O3S. The number of aromatic nitrogens is 5. The Balaban J connectivity index is 1.67. The SMILES string of the molecule is Cc1nn(C)cc1-c1csc(NC(=O)c2cnn(CCC(=O)O)c2)n1. The first-order valence-electron chi connectivity index (χ1n) is 7.44. The Kier molecular flexibility index (Phi) is 4.61. The minimum absolute atomic E-state index is 0.0525. The van der Waals surface area contributed by atoms with Gasteiger partial charge in [0.05, 0.1) is 36.1 Å². The molecule has 0 radical (unpaired) electrons. The van der Waals surface area contributed by atoms with E-state index in [2.05, 4.69) is 20.5 Å². The van der Waals surface area contributed by atoms with Crippen molar-refractivity contribution in [1.29, 1.82) is 0 Å². The van der Waals surface area contributed by atoms with Crippen LogP contribution in [0.5, 0.6) is 0 Å². The van der Waals surface area contributed by atoms with Crippen molar-refractivity contribution in [2.45, 2.75) is 19.9 Å². The number of hydrogen-bond acceptors (Lipinski definition) is 6. The summed E-state index contributed by atoms with van der Waals surface area (Å²) in [7, 11) is 1.84. The Labute approximate surface area is 146 Å². The lowest BCUT2D eigenvalue weighted by atomic mass is 10.2. The number of carboxylic acids is 1. The molecule has 1 amide bonds. The van der Waals surface area contributed by atoms with Crippen molar-refractivity contribution >= 4 is 28.3 Å². The summed E-state index contributed by atoms with van der Waals surface area (Å²) in [6.07, 6.45) is 4.74. The fraction of sp³-hybridized carbons (Fsp3) is 0.267. The molecular weight excluding hydrogens is 344 g/mol. The number of hydrogen-bond donors (Lipinski definition) is 2. The van der Waals surface area contributed by atoms with Gasteiger partial charge in [-0.3, -0.25) is 24.3 Å². The average Bonchev–Trinajstić information content (AvgIpc) is 3.25. The Bertz CT molecular complexity index is 925. The minimum atomic E-state index is -0.914. The molecule has 0 aliphatic heterocycles. The lowest BCUT2D eigenvalue weighted by Crippen LogP contribution is -2.11. The van der Waals surface area contributed by atoms with Crippen LogP contribution in [-0.2, 0) is 18.4 Å². The first-order valence-corrected chi connectivity index (χ1v) is 8.32. The molecule has 0 saturated heterocycles. The van der Waals surface area contributed by atoms with Crippen molar-refractivity contribution in [2.24, 2.45) is 7.05 Å². The van der Waals surface area contributed by atoms with Crippen molar-refractivity contribution < 1.29 is 14.7 Å². The zero-order chi connectivity index (χ0) is 18.0. The maximum absolute atomic E-state index is 12.3. The summed E-state index contributed by atoms with van der Waals surface area (Å²) in [4.78, 5) is 27.2. The quantitative estimate of drug-likeness (QED) is 0.692. The van der Waals surface area contributed by atoms with Gasteiger partial charge in [-0.05, 0) is 6.92 Å². The van der Waals surface area contributed by atoms with E-state index in [0.717, 1.165) is 17.0 Å². The largest absolute Gasteiger partial charge is 0.481 e. The van der Waals surface area contributed by atoms with E-state index in [0.29, 0.717) is 10.7 Å². The number of anilines is 1. The number of aliphatic carboxylic acids is 1. The van der Waals surface area contributed by atoms with Gasteiger partial charge in [-0.15, -0.1) is 11.3 Å². The van der Waals surface area contributed by atoms with Gasteiger partial charge >= 0.3 is 5.97 Å². The number of nitrogens with one attached hydrogen (secondary N) is 1. The van der Waals surface area contributed by atoms with Crippen molar-refractivity contribution in [3.05, 3.63) is 35.2 Å². The van der Waals surface area contributed by atoms with Gasteiger partial charge in [0, 0.05) is 30.4 Å². The lowest BCUT2D eigenvalue weighted by Gasteiger charge is -1.99. The zero-order valence-electron chi connectivity index (χ0n) is 13.6. The third kappa shape index (κ3) is 3.91. The van der Waals surface area contributed by atoms with Crippen LogP contribution in [0.3, 0.4) is 0 Å². The van der Waals surface area contributed by atoms with Gasteiger partial charge in [-0.2, -0.15) is 10.2 Å². The molecule has 3 aromatic heterocycles. The highest BCUT2D eigenvalue weighted by Gasteiger charge is 2.14. The topological polar surface area (TPSA) is 115 Å². The Morgan fingerprint density at radius 3 is 2.84 bits per heavy atom. The number of nitrogens with zero attached hydrogens (tertiary/aromatic N) is 5. The van der Waals surface area contributed by atoms with Crippen molar-refractivity contribution in [3.63, 3.8) is 0 Å². The summed E-state index contributed by atoms with van der Waals surface area (Å²) >= 11 is 1.32. The molecule has 10 heteroatoms. The molecule has 9 nitrogen and oxygen atoms in total. The van der Waals surface area contributed by atoms with E-state index in [4.69, 9.17) is 5.11 Å². The molecule has 0 unspecified atom stereocenters. The second-order valence-corrected chi connectivity index (χ2v) is 6.29. The number of carboxylic acid groups (broad SMARTS) is 1. The number of rotatable bonds is 6. The molecule has 0 saturated carbocycles. The predicted octanol–water partition coefficient (Wildman–Crippen LogP) is 1.78. The van der Waals surface area contributed by atoms with Crippen molar-refractivity contribution in [1.82, 2.24) is 24.5 Å². The standard InChI is InChI=1S/C15H16N6O3S/c1-9-11(7-20(2)19-9)12-8-25-15(17-12)18-14(24)10-5-16-21(6-10)4-3-13(22)23/h5-8H,3-4H2,1-2H3,(H,22,23)(H,17,18,24). The predicted molar refractivity (Wildman–Crippen MR) is 91.5 cm³/mol. The van der Waals surface area contributed by atoms with Crippen LogP contribution in [0.1, 0.15) is 22.5 Å². The number of aryl methyl sites for hydroxylation is 3. The van der Waals surface area contributed by atoms with Crippen LogP contribution in [0, 0.1) is 6.92 Å². The van der Waals surface area contributed by atoms with Gasteiger partial charge in [-0.1, -0.05) is 0 Å². The number of amides is 1. The third-order valence-corrected chi connectivity index (χ3v) is 4.22. The van der Waals surface area contributed by atoms with Crippen LogP contribution >= 0.6 is 11.3 Å². The van der Waals surface area contributed by atoms with Gasteiger partial charge < -0.3 is 5.11 Å². The smallest absolute Gasteiger partial charge is 0.305 e. The van der Waals surface area contributed by atoms with E-state index in [9.17, 15) is 9.59 Å². The average molecular weight is 360 g/mol. The van der Waals surface area contributed by atoms with E-state index in [1.165, 1.54) is 28.4 Å².